The van der Waals surface area contributed by atoms with Gasteiger partial charge in [0.25, 0.3) is 0 Å². The highest BCUT2D eigenvalue weighted by molar-refractivity contribution is 5.80. The summed E-state index contributed by atoms with van der Waals surface area (Å²) in [4.78, 5) is 11.5. The van der Waals surface area contributed by atoms with Crippen molar-refractivity contribution < 1.29 is 24.5 Å². The summed E-state index contributed by atoms with van der Waals surface area (Å²) < 4.78 is 11.2. The van der Waals surface area contributed by atoms with Crippen LogP contribution in [-0.2, 0) is 14.3 Å². The predicted octanol–water partition coefficient (Wildman–Crippen LogP) is 2.03. The third-order valence-corrected chi connectivity index (χ3v) is 3.98. The van der Waals surface area contributed by atoms with Crippen LogP contribution in [0.4, 0.5) is 0 Å². The normalized spacial score (nSPS) is 31.4. The van der Waals surface area contributed by atoms with E-state index in [-0.39, 0.29) is 24.5 Å². The van der Waals surface area contributed by atoms with Gasteiger partial charge in [-0.05, 0) is 26.7 Å². The van der Waals surface area contributed by atoms with Gasteiger partial charge in [0, 0.05) is 18.8 Å². The largest absolute Gasteiger partial charge is 0.390 e. The number of aliphatic hydroxyl groups excluding tert-OH is 2. The van der Waals surface area contributed by atoms with E-state index in [0.717, 1.165) is 19.3 Å². The molecule has 21 heavy (non-hydrogen) atoms. The van der Waals surface area contributed by atoms with Crippen molar-refractivity contribution in [3.8, 4) is 0 Å². The van der Waals surface area contributed by atoms with Crippen molar-refractivity contribution >= 4 is 5.78 Å². The first-order valence-electron chi connectivity index (χ1n) is 8.01. The fraction of sp³-hybridized carbons (Fsp3) is 0.938. The van der Waals surface area contributed by atoms with Gasteiger partial charge in [-0.25, -0.2) is 0 Å². The Morgan fingerprint density at radius 1 is 1.24 bits per heavy atom. The smallest absolute Gasteiger partial charge is 0.184 e. The van der Waals surface area contributed by atoms with Gasteiger partial charge in [-0.15, -0.1) is 0 Å². The molecular weight excluding hydrogens is 272 g/mol. The lowest BCUT2D eigenvalue weighted by molar-refractivity contribution is -0.273. The number of ether oxygens (including phenoxy) is 2. The second kappa shape index (κ2) is 8.83. The van der Waals surface area contributed by atoms with Gasteiger partial charge in [0.2, 0.25) is 0 Å². The second-order valence-electron chi connectivity index (χ2n) is 6.39. The lowest BCUT2D eigenvalue weighted by atomic mass is 10.0. The van der Waals surface area contributed by atoms with E-state index >= 15 is 0 Å². The summed E-state index contributed by atoms with van der Waals surface area (Å²) in [6.45, 7) is 7.56. The average molecular weight is 302 g/mol. The number of hydrogen-bond acceptors (Lipinski definition) is 5. The highest BCUT2D eigenvalue weighted by Crippen LogP contribution is 2.23. The first-order chi connectivity index (χ1) is 9.81. The number of hydrogen-bond donors (Lipinski definition) is 2. The summed E-state index contributed by atoms with van der Waals surface area (Å²) >= 11 is 0. The molecule has 0 aromatic rings. The van der Waals surface area contributed by atoms with E-state index in [1.807, 2.05) is 20.8 Å². The zero-order valence-electron chi connectivity index (χ0n) is 13.6. The third-order valence-electron chi connectivity index (χ3n) is 3.98. The zero-order valence-corrected chi connectivity index (χ0v) is 13.6. The Morgan fingerprint density at radius 2 is 1.90 bits per heavy atom. The Balaban J connectivity index is 2.21. The molecule has 1 heterocycles. The van der Waals surface area contributed by atoms with Crippen LogP contribution in [0.2, 0.25) is 0 Å². The molecule has 2 N–H and O–H groups in total. The molecule has 0 saturated carbocycles. The molecule has 0 aromatic carbocycles. The van der Waals surface area contributed by atoms with E-state index < -0.39 is 18.5 Å². The van der Waals surface area contributed by atoms with Gasteiger partial charge in [0.1, 0.15) is 11.9 Å². The van der Waals surface area contributed by atoms with Crippen LogP contribution in [-0.4, -0.2) is 46.7 Å². The number of unbranched alkanes of at least 4 members (excludes halogenated alkanes) is 1. The van der Waals surface area contributed by atoms with E-state index in [1.165, 1.54) is 0 Å². The summed E-state index contributed by atoms with van der Waals surface area (Å²) in [5, 5.41) is 19.5. The number of carbonyl (C=O) groups is 1. The van der Waals surface area contributed by atoms with Gasteiger partial charge in [0.05, 0.1) is 18.3 Å². The Hall–Kier alpha value is -0.490. The molecule has 1 saturated heterocycles. The van der Waals surface area contributed by atoms with Crippen LogP contribution in [0, 0.1) is 5.92 Å². The Morgan fingerprint density at radius 3 is 2.52 bits per heavy atom. The number of rotatable bonds is 8. The van der Waals surface area contributed by atoms with Crippen molar-refractivity contribution in [1.82, 2.24) is 0 Å². The molecule has 0 spiro atoms. The molecule has 1 fully saturated rings. The molecule has 0 aliphatic carbocycles. The number of Topliss-reactive ketones (excluding diaryl/α,β-unsaturated/α-hetero) is 1. The monoisotopic (exact) mass is 302 g/mol. The Kier molecular flexibility index (Phi) is 7.81. The molecule has 124 valence electrons. The molecule has 5 heteroatoms. The molecule has 0 bridgehead atoms. The molecular formula is C16H30O5. The van der Waals surface area contributed by atoms with Crippen LogP contribution >= 0.6 is 0 Å². The van der Waals surface area contributed by atoms with Gasteiger partial charge in [-0.2, -0.15) is 0 Å². The van der Waals surface area contributed by atoms with E-state index in [4.69, 9.17) is 9.47 Å². The quantitative estimate of drug-likeness (QED) is 0.671. The first-order valence-corrected chi connectivity index (χ1v) is 8.01. The third kappa shape index (κ3) is 6.43. The second-order valence-corrected chi connectivity index (χ2v) is 6.39. The van der Waals surface area contributed by atoms with E-state index in [9.17, 15) is 15.0 Å². The number of ketones is 1. The van der Waals surface area contributed by atoms with E-state index in [1.54, 1.807) is 6.92 Å². The van der Waals surface area contributed by atoms with Crippen molar-refractivity contribution in [2.75, 3.05) is 0 Å². The maximum Gasteiger partial charge on any atom is 0.184 e. The van der Waals surface area contributed by atoms with Crippen LogP contribution < -0.4 is 0 Å². The van der Waals surface area contributed by atoms with Crippen LogP contribution in [0.15, 0.2) is 0 Å². The summed E-state index contributed by atoms with van der Waals surface area (Å²) in [5.41, 5.74) is 0. The van der Waals surface area contributed by atoms with Crippen molar-refractivity contribution in [1.29, 1.82) is 0 Å². The Labute approximate surface area is 127 Å². The van der Waals surface area contributed by atoms with Gasteiger partial charge in [0.15, 0.2) is 6.29 Å². The topological polar surface area (TPSA) is 76.0 Å². The highest BCUT2D eigenvalue weighted by Gasteiger charge is 2.35. The predicted molar refractivity (Wildman–Crippen MR) is 79.8 cm³/mol. The van der Waals surface area contributed by atoms with Gasteiger partial charge in [-0.3, -0.25) is 4.79 Å². The minimum absolute atomic E-state index is 0.0405. The minimum atomic E-state index is -0.791. The van der Waals surface area contributed by atoms with Crippen LogP contribution in [0.25, 0.3) is 0 Å². The first kappa shape index (κ1) is 18.6. The van der Waals surface area contributed by atoms with Gasteiger partial charge >= 0.3 is 0 Å². The SMILES string of the molecule is CC(C)C(=O)CCCC[C@@H](C)OC1OC(C)[C@H](O)C[C@@H]1O. The lowest BCUT2D eigenvalue weighted by Crippen LogP contribution is -2.48. The molecule has 1 rings (SSSR count). The summed E-state index contributed by atoms with van der Waals surface area (Å²) in [6, 6.07) is 0. The molecule has 5 atom stereocenters. The molecule has 0 amide bonds. The number of aliphatic hydroxyl groups is 2. The fourth-order valence-electron chi connectivity index (χ4n) is 2.38. The van der Waals surface area contributed by atoms with Gasteiger partial charge in [-0.1, -0.05) is 20.3 Å². The Bertz CT molecular complexity index is 318. The van der Waals surface area contributed by atoms with Crippen LogP contribution in [0.5, 0.6) is 0 Å². The van der Waals surface area contributed by atoms with Crippen LogP contribution in [0.3, 0.4) is 0 Å². The molecule has 1 aliphatic rings. The summed E-state index contributed by atoms with van der Waals surface area (Å²) in [5.74, 6) is 0.412. The molecule has 1 aliphatic heterocycles. The van der Waals surface area contributed by atoms with Crippen molar-refractivity contribution in [2.45, 2.75) is 90.5 Å². The summed E-state index contributed by atoms with van der Waals surface area (Å²) in [7, 11) is 0. The van der Waals surface area contributed by atoms with Crippen molar-refractivity contribution in [3.05, 3.63) is 0 Å². The maximum atomic E-state index is 11.5. The summed E-state index contributed by atoms with van der Waals surface area (Å²) in [6.07, 6.45) is 1.05. The van der Waals surface area contributed by atoms with Crippen LogP contribution in [0.1, 0.15) is 59.8 Å². The van der Waals surface area contributed by atoms with E-state index in [2.05, 4.69) is 0 Å². The van der Waals surface area contributed by atoms with E-state index in [0.29, 0.717) is 12.2 Å². The highest BCUT2D eigenvalue weighted by atomic mass is 16.7. The van der Waals surface area contributed by atoms with Crippen molar-refractivity contribution in [2.24, 2.45) is 5.92 Å². The number of carbonyl (C=O) groups excluding carboxylic acids is 1. The zero-order chi connectivity index (χ0) is 16.0. The molecule has 0 aromatic heterocycles. The molecule has 2 unspecified atom stereocenters. The maximum absolute atomic E-state index is 11.5. The minimum Gasteiger partial charge on any atom is -0.390 e. The lowest BCUT2D eigenvalue weighted by Gasteiger charge is -2.36. The van der Waals surface area contributed by atoms with Gasteiger partial charge < -0.3 is 19.7 Å². The molecule has 0 radical (unpaired) electrons. The standard InChI is InChI=1S/C16H30O5/c1-10(2)13(17)8-6-5-7-11(3)20-16-15(19)9-14(18)12(4)21-16/h10-12,14-16,18-19H,5-9H2,1-4H3/t11-,12?,14-,15+,16?/m1/s1. The van der Waals surface area contributed by atoms with Crippen molar-refractivity contribution in [3.63, 3.8) is 0 Å². The fourth-order valence-corrected chi connectivity index (χ4v) is 2.38. The molecule has 5 nitrogen and oxygen atoms in total. The average Bonchev–Trinajstić information content (AvgIpc) is 2.40.